The van der Waals surface area contributed by atoms with Gasteiger partial charge in [-0.3, -0.25) is 14.9 Å². The molecule has 1 amide bonds. The molecule has 2 aliphatic rings. The summed E-state index contributed by atoms with van der Waals surface area (Å²) in [5.74, 6) is -0.0918. The van der Waals surface area contributed by atoms with Crippen LogP contribution in [0.4, 0.5) is 0 Å². The maximum absolute atomic E-state index is 13.3. The number of pyridine rings is 1. The van der Waals surface area contributed by atoms with Crippen molar-refractivity contribution in [1.29, 1.82) is 0 Å². The molecule has 0 spiro atoms. The number of hydrogen-bond donors (Lipinski definition) is 3. The summed E-state index contributed by atoms with van der Waals surface area (Å²) in [6.45, 7) is 2.68. The number of aryl methyl sites for hydroxylation is 1. The number of fused-ring (bicyclic) bond motifs is 2. The second-order valence-corrected chi connectivity index (χ2v) is 7.70. The van der Waals surface area contributed by atoms with Gasteiger partial charge < -0.3 is 15.0 Å². The average molecular weight is 369 g/mol. The number of amides is 1. The highest BCUT2D eigenvalue weighted by atomic mass is 16.3. The molecule has 1 saturated carbocycles. The quantitative estimate of drug-likeness (QED) is 0.774. The van der Waals surface area contributed by atoms with Crippen LogP contribution >= 0.6 is 0 Å². The molecular formula is C21H27N3O3. The SMILES string of the molecule is CCCCn1c(=O)c(C2NC(=O)C3CCCCC3N2)c(O)c2ccccc21. The summed E-state index contributed by atoms with van der Waals surface area (Å²) >= 11 is 0. The Balaban J connectivity index is 1.81. The van der Waals surface area contributed by atoms with Gasteiger partial charge in [-0.1, -0.05) is 38.3 Å². The van der Waals surface area contributed by atoms with Crippen molar-refractivity contribution < 1.29 is 9.90 Å². The van der Waals surface area contributed by atoms with Crippen LogP contribution in [0.2, 0.25) is 0 Å². The molecule has 6 nitrogen and oxygen atoms in total. The summed E-state index contributed by atoms with van der Waals surface area (Å²) in [4.78, 5) is 25.9. The van der Waals surface area contributed by atoms with Crippen molar-refractivity contribution in [2.24, 2.45) is 5.92 Å². The number of aromatic nitrogens is 1. The normalized spacial score (nSPS) is 25.2. The Hall–Kier alpha value is -2.34. The molecule has 144 valence electrons. The topological polar surface area (TPSA) is 83.4 Å². The first-order valence-electron chi connectivity index (χ1n) is 10.0. The first-order valence-corrected chi connectivity index (χ1v) is 10.0. The number of carbonyl (C=O) groups excluding carboxylic acids is 1. The number of aromatic hydroxyl groups is 1. The van der Waals surface area contributed by atoms with E-state index < -0.39 is 6.17 Å². The van der Waals surface area contributed by atoms with Gasteiger partial charge in [0.2, 0.25) is 5.91 Å². The first-order chi connectivity index (χ1) is 13.1. The lowest BCUT2D eigenvalue weighted by Crippen LogP contribution is -2.58. The van der Waals surface area contributed by atoms with E-state index in [1.54, 1.807) is 4.57 Å². The zero-order valence-corrected chi connectivity index (χ0v) is 15.7. The van der Waals surface area contributed by atoms with Crippen molar-refractivity contribution in [3.63, 3.8) is 0 Å². The smallest absolute Gasteiger partial charge is 0.261 e. The van der Waals surface area contributed by atoms with Crippen molar-refractivity contribution in [3.8, 4) is 5.75 Å². The van der Waals surface area contributed by atoms with E-state index in [1.165, 1.54) is 0 Å². The number of carbonyl (C=O) groups is 1. The van der Waals surface area contributed by atoms with E-state index in [2.05, 4.69) is 17.6 Å². The van der Waals surface area contributed by atoms with Crippen LogP contribution in [-0.2, 0) is 11.3 Å². The van der Waals surface area contributed by atoms with E-state index in [-0.39, 0.29) is 34.7 Å². The zero-order valence-electron chi connectivity index (χ0n) is 15.7. The molecule has 1 aliphatic heterocycles. The standard InChI is InChI=1S/C21H27N3O3/c1-2-3-12-24-16-11-7-5-9-14(16)18(25)17(21(24)27)19-22-15-10-6-4-8-13(15)20(26)23-19/h5,7,9,11,13,15,19,22,25H,2-4,6,8,10,12H2,1H3,(H,23,26). The highest BCUT2D eigenvalue weighted by Crippen LogP contribution is 2.34. The summed E-state index contributed by atoms with van der Waals surface area (Å²) in [5.41, 5.74) is 0.753. The van der Waals surface area contributed by atoms with Crippen LogP contribution in [0.5, 0.6) is 5.75 Å². The minimum atomic E-state index is -0.651. The van der Waals surface area contributed by atoms with Gasteiger partial charge in [-0.15, -0.1) is 0 Å². The third-order valence-electron chi connectivity index (χ3n) is 5.97. The fourth-order valence-electron chi connectivity index (χ4n) is 4.51. The van der Waals surface area contributed by atoms with Crippen LogP contribution in [0, 0.1) is 5.92 Å². The molecule has 3 N–H and O–H groups in total. The largest absolute Gasteiger partial charge is 0.507 e. The Labute approximate surface area is 158 Å². The summed E-state index contributed by atoms with van der Waals surface area (Å²) in [6.07, 6.45) is 5.14. The number of para-hydroxylation sites is 1. The van der Waals surface area contributed by atoms with E-state index in [9.17, 15) is 14.7 Å². The van der Waals surface area contributed by atoms with E-state index in [4.69, 9.17) is 0 Å². The van der Waals surface area contributed by atoms with Gasteiger partial charge in [0.1, 0.15) is 11.9 Å². The van der Waals surface area contributed by atoms with Crippen LogP contribution in [0.25, 0.3) is 10.9 Å². The lowest BCUT2D eigenvalue weighted by molar-refractivity contribution is -0.130. The summed E-state index contributed by atoms with van der Waals surface area (Å²) in [6, 6.07) is 7.47. The average Bonchev–Trinajstić information content (AvgIpc) is 2.68. The summed E-state index contributed by atoms with van der Waals surface area (Å²) in [7, 11) is 0. The predicted octanol–water partition coefficient (Wildman–Crippen LogP) is 2.78. The Morgan fingerprint density at radius 1 is 1.19 bits per heavy atom. The van der Waals surface area contributed by atoms with Crippen molar-refractivity contribution in [2.75, 3.05) is 0 Å². The minimum Gasteiger partial charge on any atom is -0.507 e. The third-order valence-corrected chi connectivity index (χ3v) is 5.97. The molecule has 1 aromatic carbocycles. The molecule has 0 bridgehead atoms. The van der Waals surface area contributed by atoms with Crippen molar-refractivity contribution >= 4 is 16.8 Å². The number of nitrogens with zero attached hydrogens (tertiary/aromatic N) is 1. The highest BCUT2D eigenvalue weighted by Gasteiger charge is 2.39. The van der Waals surface area contributed by atoms with E-state index >= 15 is 0 Å². The molecule has 3 unspecified atom stereocenters. The lowest BCUT2D eigenvalue weighted by atomic mass is 9.82. The molecule has 27 heavy (non-hydrogen) atoms. The fraction of sp³-hybridized carbons (Fsp3) is 0.524. The number of rotatable bonds is 4. The molecular weight excluding hydrogens is 342 g/mol. The van der Waals surface area contributed by atoms with Gasteiger partial charge in [0, 0.05) is 18.0 Å². The maximum atomic E-state index is 13.3. The Morgan fingerprint density at radius 2 is 1.96 bits per heavy atom. The van der Waals surface area contributed by atoms with Crippen LogP contribution in [0.3, 0.4) is 0 Å². The van der Waals surface area contributed by atoms with Gasteiger partial charge in [0.25, 0.3) is 5.56 Å². The molecule has 4 rings (SSSR count). The van der Waals surface area contributed by atoms with Crippen molar-refractivity contribution in [2.45, 2.75) is 64.2 Å². The Bertz CT molecular complexity index is 921. The molecule has 1 saturated heterocycles. The van der Waals surface area contributed by atoms with E-state index in [0.717, 1.165) is 44.0 Å². The van der Waals surface area contributed by atoms with E-state index in [1.807, 2.05) is 24.3 Å². The molecule has 0 radical (unpaired) electrons. The molecule has 1 aliphatic carbocycles. The van der Waals surface area contributed by atoms with Gasteiger partial charge in [-0.05, 0) is 31.4 Å². The number of nitrogens with one attached hydrogen (secondary N) is 2. The van der Waals surface area contributed by atoms with Gasteiger partial charge in [-0.2, -0.15) is 0 Å². The molecule has 1 aromatic heterocycles. The van der Waals surface area contributed by atoms with Crippen LogP contribution in [0.1, 0.15) is 57.2 Å². The van der Waals surface area contributed by atoms with Gasteiger partial charge >= 0.3 is 0 Å². The van der Waals surface area contributed by atoms with Crippen LogP contribution < -0.4 is 16.2 Å². The maximum Gasteiger partial charge on any atom is 0.261 e. The van der Waals surface area contributed by atoms with Gasteiger partial charge in [-0.25, -0.2) is 0 Å². The summed E-state index contributed by atoms with van der Waals surface area (Å²) < 4.78 is 1.73. The molecule has 2 heterocycles. The lowest BCUT2D eigenvalue weighted by Gasteiger charge is -2.40. The first kappa shape index (κ1) is 18.0. The summed E-state index contributed by atoms with van der Waals surface area (Å²) in [5, 5.41) is 17.9. The fourth-order valence-corrected chi connectivity index (χ4v) is 4.51. The van der Waals surface area contributed by atoms with Gasteiger partial charge in [0.15, 0.2) is 0 Å². The van der Waals surface area contributed by atoms with Crippen molar-refractivity contribution in [1.82, 2.24) is 15.2 Å². The monoisotopic (exact) mass is 369 g/mol. The predicted molar refractivity (Wildman–Crippen MR) is 105 cm³/mol. The second kappa shape index (κ2) is 7.35. The number of hydrogen-bond acceptors (Lipinski definition) is 4. The molecule has 2 fully saturated rings. The number of benzene rings is 1. The third kappa shape index (κ3) is 3.12. The zero-order chi connectivity index (χ0) is 19.0. The minimum absolute atomic E-state index is 0.0180. The Morgan fingerprint density at radius 3 is 2.78 bits per heavy atom. The van der Waals surface area contributed by atoms with Crippen LogP contribution in [0.15, 0.2) is 29.1 Å². The molecule has 3 atom stereocenters. The second-order valence-electron chi connectivity index (χ2n) is 7.70. The Kier molecular flexibility index (Phi) is 4.91. The van der Waals surface area contributed by atoms with E-state index in [0.29, 0.717) is 11.9 Å². The van der Waals surface area contributed by atoms with Crippen molar-refractivity contribution in [3.05, 3.63) is 40.2 Å². The highest BCUT2D eigenvalue weighted by molar-refractivity contribution is 5.87. The number of unbranched alkanes of at least 4 members (excludes halogenated alkanes) is 1. The van der Waals surface area contributed by atoms with Crippen LogP contribution in [-0.4, -0.2) is 21.6 Å². The molecule has 2 aromatic rings. The molecule has 6 heteroatoms. The van der Waals surface area contributed by atoms with Gasteiger partial charge in [0.05, 0.1) is 17.0 Å².